The lowest BCUT2D eigenvalue weighted by molar-refractivity contribution is -0.135. The number of H-pyrrole nitrogens is 1. The van der Waals surface area contributed by atoms with E-state index in [0.29, 0.717) is 22.7 Å². The van der Waals surface area contributed by atoms with Crippen LogP contribution in [0.4, 0.5) is 0 Å². The Morgan fingerprint density at radius 3 is 2.42 bits per heavy atom. The minimum atomic E-state index is -0.456. The van der Waals surface area contributed by atoms with Crippen molar-refractivity contribution < 1.29 is 14.6 Å². The van der Waals surface area contributed by atoms with Gasteiger partial charge < -0.3 is 24.6 Å². The first-order valence-electron chi connectivity index (χ1n) is 11.1. The highest BCUT2D eigenvalue weighted by atomic mass is 16.5. The Morgan fingerprint density at radius 1 is 1.06 bits per heavy atom. The van der Waals surface area contributed by atoms with E-state index in [1.807, 2.05) is 17.0 Å². The van der Waals surface area contributed by atoms with Crippen LogP contribution in [0.2, 0.25) is 0 Å². The number of aromatic hydroxyl groups is 1. The minimum absolute atomic E-state index is 0.00190. The summed E-state index contributed by atoms with van der Waals surface area (Å²) in [6, 6.07) is 14.1. The Hall–Kier alpha value is -3.65. The third-order valence-electron chi connectivity index (χ3n) is 5.94. The number of piperazine rings is 1. The standard InChI is InChI=1S/C25H28N4O4/c1-3-28-10-12-29(13-11-28)24(31)16-33-20-7-4-18(5-8-20)21-15-22(27-25(32)26-21)19-6-9-23(30)17(2)14-19/h4-9,14-15,30H,3,10-13,16H2,1-2H3,(H,26,27,32). The average Bonchev–Trinajstić information content (AvgIpc) is 2.84. The van der Waals surface area contributed by atoms with E-state index in [1.54, 1.807) is 43.3 Å². The summed E-state index contributed by atoms with van der Waals surface area (Å²) >= 11 is 0. The quantitative estimate of drug-likeness (QED) is 0.602. The van der Waals surface area contributed by atoms with Crippen LogP contribution in [0.25, 0.3) is 22.5 Å². The van der Waals surface area contributed by atoms with Gasteiger partial charge in [-0.05, 0) is 73.1 Å². The molecule has 0 unspecified atom stereocenters. The molecule has 0 atom stereocenters. The summed E-state index contributed by atoms with van der Waals surface area (Å²) in [5, 5.41) is 9.75. The van der Waals surface area contributed by atoms with Gasteiger partial charge in [0.2, 0.25) is 0 Å². The smallest absolute Gasteiger partial charge is 0.345 e. The van der Waals surface area contributed by atoms with Crippen LogP contribution in [0.15, 0.2) is 53.3 Å². The van der Waals surface area contributed by atoms with E-state index in [-0.39, 0.29) is 18.3 Å². The molecule has 2 aromatic carbocycles. The molecule has 1 aliphatic heterocycles. The molecule has 1 aliphatic rings. The number of benzene rings is 2. The fourth-order valence-electron chi connectivity index (χ4n) is 3.86. The van der Waals surface area contributed by atoms with E-state index in [4.69, 9.17) is 4.74 Å². The van der Waals surface area contributed by atoms with Crippen LogP contribution in [-0.2, 0) is 4.79 Å². The van der Waals surface area contributed by atoms with Gasteiger partial charge in [-0.15, -0.1) is 0 Å². The molecule has 1 amide bonds. The maximum absolute atomic E-state index is 12.4. The van der Waals surface area contributed by atoms with Gasteiger partial charge in [0.05, 0.1) is 11.4 Å². The lowest BCUT2D eigenvalue weighted by atomic mass is 10.1. The molecule has 172 valence electrons. The number of aromatic amines is 1. The molecule has 0 aliphatic carbocycles. The number of hydrogen-bond donors (Lipinski definition) is 2. The summed E-state index contributed by atoms with van der Waals surface area (Å²) in [5.74, 6) is 0.772. The predicted octanol–water partition coefficient (Wildman–Crippen LogP) is 2.66. The second-order valence-corrected chi connectivity index (χ2v) is 8.11. The van der Waals surface area contributed by atoms with Crippen LogP contribution in [0.1, 0.15) is 12.5 Å². The van der Waals surface area contributed by atoms with Crippen molar-refractivity contribution in [1.82, 2.24) is 19.8 Å². The van der Waals surface area contributed by atoms with E-state index in [2.05, 4.69) is 21.8 Å². The monoisotopic (exact) mass is 448 g/mol. The zero-order valence-electron chi connectivity index (χ0n) is 18.9. The van der Waals surface area contributed by atoms with Gasteiger partial charge in [0.1, 0.15) is 11.5 Å². The van der Waals surface area contributed by atoms with Crippen LogP contribution in [0.3, 0.4) is 0 Å². The lowest BCUT2D eigenvalue weighted by Crippen LogP contribution is -2.49. The van der Waals surface area contributed by atoms with Crippen LogP contribution in [0.5, 0.6) is 11.5 Å². The van der Waals surface area contributed by atoms with Gasteiger partial charge in [-0.3, -0.25) is 4.79 Å². The molecule has 1 saturated heterocycles. The van der Waals surface area contributed by atoms with Crippen molar-refractivity contribution in [1.29, 1.82) is 0 Å². The number of aryl methyl sites for hydroxylation is 1. The van der Waals surface area contributed by atoms with Gasteiger partial charge in [0.25, 0.3) is 5.91 Å². The predicted molar refractivity (Wildman–Crippen MR) is 126 cm³/mol. The molecule has 33 heavy (non-hydrogen) atoms. The van der Waals surface area contributed by atoms with Crippen molar-refractivity contribution in [2.75, 3.05) is 39.3 Å². The zero-order valence-corrected chi connectivity index (χ0v) is 18.9. The summed E-state index contributed by atoms with van der Waals surface area (Å²) in [7, 11) is 0. The molecule has 1 aromatic heterocycles. The molecular weight excluding hydrogens is 420 g/mol. The third-order valence-corrected chi connectivity index (χ3v) is 5.94. The number of ether oxygens (including phenoxy) is 1. The highest BCUT2D eigenvalue weighted by molar-refractivity contribution is 5.78. The summed E-state index contributed by atoms with van der Waals surface area (Å²) in [5.41, 5.74) is 2.93. The number of aromatic nitrogens is 2. The largest absolute Gasteiger partial charge is 0.508 e. The number of carbonyl (C=O) groups is 1. The number of hydrogen-bond acceptors (Lipinski definition) is 6. The van der Waals surface area contributed by atoms with Gasteiger partial charge in [-0.1, -0.05) is 6.92 Å². The van der Waals surface area contributed by atoms with Crippen molar-refractivity contribution in [3.8, 4) is 34.0 Å². The van der Waals surface area contributed by atoms with E-state index in [1.165, 1.54) is 0 Å². The number of phenols is 1. The highest BCUT2D eigenvalue weighted by Gasteiger charge is 2.20. The topological polar surface area (TPSA) is 98.8 Å². The van der Waals surface area contributed by atoms with Crippen LogP contribution >= 0.6 is 0 Å². The van der Waals surface area contributed by atoms with E-state index in [9.17, 15) is 14.7 Å². The Morgan fingerprint density at radius 2 is 1.76 bits per heavy atom. The molecule has 2 N–H and O–H groups in total. The van der Waals surface area contributed by atoms with E-state index in [0.717, 1.165) is 43.9 Å². The maximum Gasteiger partial charge on any atom is 0.345 e. The average molecular weight is 449 g/mol. The summed E-state index contributed by atoms with van der Waals surface area (Å²) < 4.78 is 5.69. The van der Waals surface area contributed by atoms with E-state index >= 15 is 0 Å². The van der Waals surface area contributed by atoms with Crippen LogP contribution in [0, 0.1) is 6.92 Å². The summed E-state index contributed by atoms with van der Waals surface area (Å²) in [6.45, 7) is 8.17. The van der Waals surface area contributed by atoms with Gasteiger partial charge in [-0.25, -0.2) is 4.79 Å². The molecular formula is C25H28N4O4. The maximum atomic E-state index is 12.4. The Balaban J connectivity index is 1.43. The second kappa shape index (κ2) is 9.87. The van der Waals surface area contributed by atoms with Crippen molar-refractivity contribution in [3.63, 3.8) is 0 Å². The van der Waals surface area contributed by atoms with E-state index < -0.39 is 5.69 Å². The number of carbonyl (C=O) groups excluding carboxylic acids is 1. The minimum Gasteiger partial charge on any atom is -0.508 e. The van der Waals surface area contributed by atoms with Gasteiger partial charge >= 0.3 is 5.69 Å². The number of phenolic OH excluding ortho intramolecular Hbond substituents is 1. The number of rotatable bonds is 6. The van der Waals surface area contributed by atoms with Crippen molar-refractivity contribution in [2.45, 2.75) is 13.8 Å². The third kappa shape index (κ3) is 5.40. The molecule has 0 saturated carbocycles. The molecule has 0 radical (unpaired) electrons. The summed E-state index contributed by atoms with van der Waals surface area (Å²) in [6.07, 6.45) is 0. The Bertz CT molecular complexity index is 1180. The molecule has 8 heteroatoms. The molecule has 2 heterocycles. The first-order chi connectivity index (χ1) is 15.9. The lowest BCUT2D eigenvalue weighted by Gasteiger charge is -2.33. The first kappa shape index (κ1) is 22.5. The SMILES string of the molecule is CCN1CCN(C(=O)COc2ccc(-c3cc(-c4ccc(O)c(C)c4)nc(=O)[nH]3)cc2)CC1. The van der Waals surface area contributed by atoms with Crippen molar-refractivity contribution in [2.24, 2.45) is 0 Å². The molecule has 3 aromatic rings. The molecule has 1 fully saturated rings. The highest BCUT2D eigenvalue weighted by Crippen LogP contribution is 2.26. The molecule has 0 bridgehead atoms. The first-order valence-corrected chi connectivity index (χ1v) is 11.1. The number of nitrogens with one attached hydrogen (secondary N) is 1. The summed E-state index contributed by atoms with van der Waals surface area (Å²) in [4.78, 5) is 35.6. The van der Waals surface area contributed by atoms with Gasteiger partial charge in [0.15, 0.2) is 6.61 Å². The molecule has 0 spiro atoms. The fraction of sp³-hybridized carbons (Fsp3) is 0.320. The van der Waals surface area contributed by atoms with Gasteiger partial charge in [0, 0.05) is 31.7 Å². The van der Waals surface area contributed by atoms with Crippen LogP contribution < -0.4 is 10.4 Å². The Kier molecular flexibility index (Phi) is 6.74. The molecule has 4 rings (SSSR count). The Labute approximate surface area is 192 Å². The van der Waals surface area contributed by atoms with Crippen molar-refractivity contribution >= 4 is 5.91 Å². The normalized spacial score (nSPS) is 14.3. The number of likely N-dealkylation sites (N-methyl/N-ethyl adjacent to an activating group) is 1. The number of nitrogens with zero attached hydrogens (tertiary/aromatic N) is 3. The second-order valence-electron chi connectivity index (χ2n) is 8.11. The number of amides is 1. The van der Waals surface area contributed by atoms with Crippen molar-refractivity contribution in [3.05, 3.63) is 64.6 Å². The van der Waals surface area contributed by atoms with Gasteiger partial charge in [-0.2, -0.15) is 4.98 Å². The van der Waals surface area contributed by atoms with Crippen LogP contribution in [-0.4, -0.2) is 70.1 Å². The molecule has 8 nitrogen and oxygen atoms in total. The fourth-order valence-corrected chi connectivity index (χ4v) is 3.86. The zero-order chi connectivity index (χ0) is 23.4.